The number of carbonyl (C=O) groups is 2. The molecule has 21 heavy (non-hydrogen) atoms. The molecule has 1 aromatic rings. The smallest absolute Gasteiger partial charge is 0.322 e. The maximum absolute atomic E-state index is 12.2. The van der Waals surface area contributed by atoms with Crippen LogP contribution < -0.4 is 5.32 Å². The molecule has 1 aliphatic heterocycles. The van der Waals surface area contributed by atoms with Gasteiger partial charge in [-0.1, -0.05) is 12.1 Å². The van der Waals surface area contributed by atoms with Gasteiger partial charge in [-0.3, -0.25) is 4.79 Å². The Morgan fingerprint density at radius 3 is 2.57 bits per heavy atom. The summed E-state index contributed by atoms with van der Waals surface area (Å²) in [6.45, 7) is 5.53. The summed E-state index contributed by atoms with van der Waals surface area (Å²) in [5.41, 5.74) is 1.02. The van der Waals surface area contributed by atoms with Crippen molar-refractivity contribution in [2.45, 2.75) is 25.9 Å². The van der Waals surface area contributed by atoms with Crippen molar-refractivity contribution in [3.8, 4) is 0 Å². The van der Waals surface area contributed by atoms with Gasteiger partial charge in [-0.15, -0.1) is 0 Å². The van der Waals surface area contributed by atoms with E-state index in [1.54, 1.807) is 29.2 Å². The molecule has 6 heteroatoms. The standard InChI is InChI=1S/C15H20N2O4/c1-15(2)10-17(7-8-21-15)14(20)16-12-5-3-11(4-6-12)9-13(18)19/h3-6H,7-10H2,1-2H3,(H,16,20)(H,18,19). The van der Waals surface area contributed by atoms with Gasteiger partial charge in [-0.2, -0.15) is 0 Å². The number of hydrogen-bond acceptors (Lipinski definition) is 3. The number of carbonyl (C=O) groups excluding carboxylic acids is 1. The van der Waals surface area contributed by atoms with Crippen LogP contribution in [0.5, 0.6) is 0 Å². The fourth-order valence-electron chi connectivity index (χ4n) is 2.27. The summed E-state index contributed by atoms with van der Waals surface area (Å²) in [4.78, 5) is 24.5. The third kappa shape index (κ3) is 4.46. The number of nitrogens with zero attached hydrogens (tertiary/aromatic N) is 1. The summed E-state index contributed by atoms with van der Waals surface area (Å²) in [7, 11) is 0. The second kappa shape index (κ2) is 6.13. The molecule has 0 aromatic heterocycles. The van der Waals surface area contributed by atoms with Crippen LogP contribution in [0.4, 0.5) is 10.5 Å². The molecule has 0 atom stereocenters. The Hall–Kier alpha value is -2.08. The molecule has 1 heterocycles. The summed E-state index contributed by atoms with van der Waals surface area (Å²) >= 11 is 0. The van der Waals surface area contributed by atoms with Gasteiger partial charge in [0.05, 0.1) is 25.2 Å². The lowest BCUT2D eigenvalue weighted by Gasteiger charge is -2.38. The average molecular weight is 292 g/mol. The molecule has 0 bridgehead atoms. The van der Waals surface area contributed by atoms with Crippen LogP contribution in [0.1, 0.15) is 19.4 Å². The highest BCUT2D eigenvalue weighted by molar-refractivity contribution is 5.89. The largest absolute Gasteiger partial charge is 0.481 e. The molecule has 1 fully saturated rings. The Balaban J connectivity index is 1.94. The van der Waals surface area contributed by atoms with E-state index in [2.05, 4.69) is 5.32 Å². The molecule has 0 saturated carbocycles. The number of anilines is 1. The summed E-state index contributed by atoms with van der Waals surface area (Å²) in [5, 5.41) is 11.5. The quantitative estimate of drug-likeness (QED) is 0.892. The van der Waals surface area contributed by atoms with Crippen LogP contribution in [0.15, 0.2) is 24.3 Å². The first-order chi connectivity index (χ1) is 9.85. The highest BCUT2D eigenvalue weighted by Gasteiger charge is 2.29. The summed E-state index contributed by atoms with van der Waals surface area (Å²) < 4.78 is 5.57. The second-order valence-electron chi connectivity index (χ2n) is 5.73. The number of morpholine rings is 1. The SMILES string of the molecule is CC1(C)CN(C(=O)Nc2ccc(CC(=O)O)cc2)CCO1. The molecular weight excluding hydrogens is 272 g/mol. The van der Waals surface area contributed by atoms with E-state index in [-0.39, 0.29) is 18.1 Å². The van der Waals surface area contributed by atoms with Crippen LogP contribution >= 0.6 is 0 Å². The van der Waals surface area contributed by atoms with Crippen LogP contribution in [0.2, 0.25) is 0 Å². The first kappa shape index (κ1) is 15.3. The lowest BCUT2D eigenvalue weighted by atomic mass is 10.1. The van der Waals surface area contributed by atoms with Crippen LogP contribution in [0.25, 0.3) is 0 Å². The van der Waals surface area contributed by atoms with E-state index in [0.29, 0.717) is 30.9 Å². The molecule has 114 valence electrons. The number of rotatable bonds is 3. The zero-order valence-corrected chi connectivity index (χ0v) is 12.3. The predicted octanol–water partition coefficient (Wildman–Crippen LogP) is 1.96. The molecule has 2 N–H and O–H groups in total. The van der Waals surface area contributed by atoms with Crippen molar-refractivity contribution >= 4 is 17.7 Å². The monoisotopic (exact) mass is 292 g/mol. The van der Waals surface area contributed by atoms with Gasteiger partial charge < -0.3 is 20.1 Å². The Bertz CT molecular complexity index is 525. The van der Waals surface area contributed by atoms with Crippen molar-refractivity contribution in [2.75, 3.05) is 25.0 Å². The van der Waals surface area contributed by atoms with Gasteiger partial charge in [0.2, 0.25) is 0 Å². The zero-order valence-electron chi connectivity index (χ0n) is 12.3. The van der Waals surface area contributed by atoms with Crippen molar-refractivity contribution in [1.82, 2.24) is 4.90 Å². The third-order valence-corrected chi connectivity index (χ3v) is 3.27. The molecule has 6 nitrogen and oxygen atoms in total. The molecule has 2 amide bonds. The maximum atomic E-state index is 12.2. The number of amides is 2. The molecule has 0 spiro atoms. The number of carboxylic acid groups (broad SMARTS) is 1. The molecule has 0 unspecified atom stereocenters. The Morgan fingerprint density at radius 2 is 2.00 bits per heavy atom. The van der Waals surface area contributed by atoms with Crippen molar-refractivity contribution < 1.29 is 19.4 Å². The second-order valence-corrected chi connectivity index (χ2v) is 5.73. The van der Waals surface area contributed by atoms with Gasteiger partial charge in [0.1, 0.15) is 0 Å². The zero-order chi connectivity index (χ0) is 15.5. The fraction of sp³-hybridized carbons (Fsp3) is 0.467. The lowest BCUT2D eigenvalue weighted by Crippen LogP contribution is -2.51. The fourth-order valence-corrected chi connectivity index (χ4v) is 2.27. The van der Waals surface area contributed by atoms with Crippen molar-refractivity contribution in [3.63, 3.8) is 0 Å². The van der Waals surface area contributed by atoms with E-state index in [9.17, 15) is 9.59 Å². The first-order valence-electron chi connectivity index (χ1n) is 6.86. The normalized spacial score (nSPS) is 17.3. The maximum Gasteiger partial charge on any atom is 0.322 e. The van der Waals surface area contributed by atoms with Gasteiger partial charge in [0.25, 0.3) is 0 Å². The van der Waals surface area contributed by atoms with Crippen LogP contribution in [-0.4, -0.2) is 47.3 Å². The van der Waals surface area contributed by atoms with E-state index >= 15 is 0 Å². The van der Waals surface area contributed by atoms with E-state index in [1.165, 1.54) is 0 Å². The Kier molecular flexibility index (Phi) is 4.47. The topological polar surface area (TPSA) is 78.9 Å². The molecule has 1 saturated heterocycles. The number of ether oxygens (including phenoxy) is 1. The minimum atomic E-state index is -0.873. The van der Waals surface area contributed by atoms with Crippen LogP contribution in [-0.2, 0) is 16.0 Å². The van der Waals surface area contributed by atoms with E-state index < -0.39 is 5.97 Å². The number of aliphatic carboxylic acids is 1. The van der Waals surface area contributed by atoms with Gasteiger partial charge in [-0.05, 0) is 31.5 Å². The number of urea groups is 1. The van der Waals surface area contributed by atoms with Gasteiger partial charge in [-0.25, -0.2) is 4.79 Å². The van der Waals surface area contributed by atoms with Crippen molar-refractivity contribution in [1.29, 1.82) is 0 Å². The minimum absolute atomic E-state index is 0.0219. The molecule has 0 aliphatic carbocycles. The molecule has 2 rings (SSSR count). The lowest BCUT2D eigenvalue weighted by molar-refractivity contribution is -0.136. The van der Waals surface area contributed by atoms with Gasteiger partial charge in [0, 0.05) is 12.2 Å². The summed E-state index contributed by atoms with van der Waals surface area (Å²) in [6, 6.07) is 6.65. The number of hydrogen-bond donors (Lipinski definition) is 2. The number of benzene rings is 1. The Labute approximate surface area is 123 Å². The van der Waals surface area contributed by atoms with E-state index in [4.69, 9.17) is 9.84 Å². The molecule has 1 aliphatic rings. The van der Waals surface area contributed by atoms with Crippen LogP contribution in [0, 0.1) is 0 Å². The number of nitrogens with one attached hydrogen (secondary N) is 1. The Morgan fingerprint density at radius 1 is 1.33 bits per heavy atom. The van der Waals surface area contributed by atoms with E-state index in [0.717, 1.165) is 0 Å². The minimum Gasteiger partial charge on any atom is -0.481 e. The molecule has 0 radical (unpaired) electrons. The predicted molar refractivity (Wildman–Crippen MR) is 78.4 cm³/mol. The molecule has 1 aromatic carbocycles. The van der Waals surface area contributed by atoms with Crippen molar-refractivity contribution in [2.24, 2.45) is 0 Å². The summed E-state index contributed by atoms with van der Waals surface area (Å²) in [5.74, 6) is -0.873. The highest BCUT2D eigenvalue weighted by Crippen LogP contribution is 2.18. The molecular formula is C15H20N2O4. The van der Waals surface area contributed by atoms with E-state index in [1.807, 2.05) is 13.8 Å². The van der Waals surface area contributed by atoms with Gasteiger partial charge in [0.15, 0.2) is 0 Å². The van der Waals surface area contributed by atoms with Crippen LogP contribution in [0.3, 0.4) is 0 Å². The van der Waals surface area contributed by atoms with Crippen molar-refractivity contribution in [3.05, 3.63) is 29.8 Å². The third-order valence-electron chi connectivity index (χ3n) is 3.27. The highest BCUT2D eigenvalue weighted by atomic mass is 16.5. The number of carboxylic acids is 1. The summed E-state index contributed by atoms with van der Waals surface area (Å²) in [6.07, 6.45) is -0.0219. The van der Waals surface area contributed by atoms with Gasteiger partial charge >= 0.3 is 12.0 Å². The first-order valence-corrected chi connectivity index (χ1v) is 6.86. The average Bonchev–Trinajstić information content (AvgIpc) is 2.39.